The molecule has 0 atom stereocenters. The van der Waals surface area contributed by atoms with Crippen molar-refractivity contribution in [3.63, 3.8) is 0 Å². The minimum atomic E-state index is -0.164. The van der Waals surface area contributed by atoms with Crippen LogP contribution in [0.15, 0.2) is 24.3 Å². The van der Waals surface area contributed by atoms with Crippen molar-refractivity contribution in [1.82, 2.24) is 0 Å². The number of carbonyl (C=O) groups excluding carboxylic acids is 1. The second kappa shape index (κ2) is 12.3. The SMILES string of the molecule is CCCc1ccc(CCCCCCCCCOC(C)=O)cc1. The average Bonchev–Trinajstić information content (AvgIpc) is 2.51. The van der Waals surface area contributed by atoms with Gasteiger partial charge in [-0.1, -0.05) is 69.7 Å². The third-order valence-electron chi connectivity index (χ3n) is 3.98. The van der Waals surface area contributed by atoms with Crippen molar-refractivity contribution in [2.45, 2.75) is 78.1 Å². The summed E-state index contributed by atoms with van der Waals surface area (Å²) in [6, 6.07) is 9.14. The minimum Gasteiger partial charge on any atom is -0.466 e. The highest BCUT2D eigenvalue weighted by atomic mass is 16.5. The Morgan fingerprint density at radius 1 is 0.818 bits per heavy atom. The van der Waals surface area contributed by atoms with Crippen molar-refractivity contribution < 1.29 is 9.53 Å². The molecule has 1 rings (SSSR count). The fourth-order valence-corrected chi connectivity index (χ4v) is 2.69. The predicted octanol–water partition coefficient (Wildman–Crippen LogP) is 5.48. The molecule has 0 aliphatic rings. The Bertz CT molecular complexity index is 395. The van der Waals surface area contributed by atoms with Gasteiger partial charge in [0.2, 0.25) is 0 Å². The Morgan fingerprint density at radius 3 is 1.86 bits per heavy atom. The van der Waals surface area contributed by atoms with Gasteiger partial charge in [0.1, 0.15) is 0 Å². The van der Waals surface area contributed by atoms with Crippen LogP contribution < -0.4 is 0 Å². The van der Waals surface area contributed by atoms with Crippen LogP contribution in [-0.2, 0) is 22.4 Å². The van der Waals surface area contributed by atoms with Gasteiger partial charge in [0.25, 0.3) is 0 Å². The molecule has 1 aromatic carbocycles. The number of benzene rings is 1. The first-order valence-corrected chi connectivity index (χ1v) is 8.93. The monoisotopic (exact) mass is 304 g/mol. The number of carbonyl (C=O) groups is 1. The van der Waals surface area contributed by atoms with Gasteiger partial charge in [-0.3, -0.25) is 4.79 Å². The second-order valence-corrected chi connectivity index (χ2v) is 6.13. The molecule has 0 aliphatic carbocycles. The van der Waals surface area contributed by atoms with E-state index in [1.165, 1.54) is 75.8 Å². The molecule has 0 bridgehead atoms. The summed E-state index contributed by atoms with van der Waals surface area (Å²) in [4.78, 5) is 10.6. The molecule has 124 valence electrons. The van der Waals surface area contributed by atoms with E-state index in [9.17, 15) is 4.79 Å². The molecule has 0 unspecified atom stereocenters. The van der Waals surface area contributed by atoms with Gasteiger partial charge in [0.05, 0.1) is 6.61 Å². The van der Waals surface area contributed by atoms with Crippen LogP contribution in [-0.4, -0.2) is 12.6 Å². The molecule has 0 aliphatic heterocycles. The van der Waals surface area contributed by atoms with Crippen molar-refractivity contribution in [2.24, 2.45) is 0 Å². The fraction of sp³-hybridized carbons (Fsp3) is 0.650. The maximum Gasteiger partial charge on any atom is 0.302 e. The molecule has 0 saturated carbocycles. The lowest BCUT2D eigenvalue weighted by atomic mass is 10.0. The topological polar surface area (TPSA) is 26.3 Å². The van der Waals surface area contributed by atoms with Crippen LogP contribution in [0, 0.1) is 0 Å². The minimum absolute atomic E-state index is 0.164. The number of aryl methyl sites for hydroxylation is 2. The van der Waals surface area contributed by atoms with E-state index < -0.39 is 0 Å². The largest absolute Gasteiger partial charge is 0.466 e. The van der Waals surface area contributed by atoms with Gasteiger partial charge in [-0.25, -0.2) is 0 Å². The van der Waals surface area contributed by atoms with E-state index in [1.807, 2.05) is 0 Å². The predicted molar refractivity (Wildman–Crippen MR) is 93.1 cm³/mol. The molecule has 0 radical (unpaired) electrons. The molecule has 0 amide bonds. The zero-order valence-corrected chi connectivity index (χ0v) is 14.4. The summed E-state index contributed by atoms with van der Waals surface area (Å²) in [5, 5.41) is 0. The summed E-state index contributed by atoms with van der Waals surface area (Å²) in [7, 11) is 0. The lowest BCUT2D eigenvalue weighted by molar-refractivity contribution is -0.141. The van der Waals surface area contributed by atoms with Crippen molar-refractivity contribution in [3.8, 4) is 0 Å². The highest BCUT2D eigenvalue weighted by Gasteiger charge is 1.97. The van der Waals surface area contributed by atoms with Gasteiger partial charge in [-0.15, -0.1) is 0 Å². The quantitative estimate of drug-likeness (QED) is 0.378. The Morgan fingerprint density at radius 2 is 1.32 bits per heavy atom. The van der Waals surface area contributed by atoms with Crippen molar-refractivity contribution in [1.29, 1.82) is 0 Å². The zero-order valence-electron chi connectivity index (χ0n) is 14.4. The number of rotatable bonds is 12. The molecular formula is C20H32O2. The van der Waals surface area contributed by atoms with Gasteiger partial charge in [0, 0.05) is 6.92 Å². The van der Waals surface area contributed by atoms with Crippen LogP contribution in [0.5, 0.6) is 0 Å². The third kappa shape index (κ3) is 9.59. The number of hydrogen-bond donors (Lipinski definition) is 0. The Balaban J connectivity index is 1.93. The Hall–Kier alpha value is -1.31. The van der Waals surface area contributed by atoms with E-state index in [1.54, 1.807) is 0 Å². The van der Waals surface area contributed by atoms with Crippen molar-refractivity contribution in [2.75, 3.05) is 6.61 Å². The van der Waals surface area contributed by atoms with Gasteiger partial charge in [-0.05, 0) is 36.8 Å². The van der Waals surface area contributed by atoms with Gasteiger partial charge in [0.15, 0.2) is 0 Å². The third-order valence-corrected chi connectivity index (χ3v) is 3.98. The van der Waals surface area contributed by atoms with Crippen LogP contribution in [0.1, 0.15) is 76.3 Å². The lowest BCUT2D eigenvalue weighted by Crippen LogP contribution is -2.00. The fourth-order valence-electron chi connectivity index (χ4n) is 2.69. The summed E-state index contributed by atoms with van der Waals surface area (Å²) in [6.45, 7) is 4.28. The normalized spacial score (nSPS) is 10.6. The van der Waals surface area contributed by atoms with Crippen LogP contribution in [0.2, 0.25) is 0 Å². The molecule has 0 spiro atoms. The van der Waals surface area contributed by atoms with Crippen LogP contribution in [0.3, 0.4) is 0 Å². The molecule has 0 saturated heterocycles. The van der Waals surface area contributed by atoms with Gasteiger partial charge < -0.3 is 4.74 Å². The Labute approximate surface area is 136 Å². The Kier molecular flexibility index (Phi) is 10.4. The van der Waals surface area contributed by atoms with Crippen LogP contribution in [0.25, 0.3) is 0 Å². The van der Waals surface area contributed by atoms with Crippen LogP contribution >= 0.6 is 0 Å². The summed E-state index contributed by atoms with van der Waals surface area (Å²) in [6.07, 6.45) is 12.3. The smallest absolute Gasteiger partial charge is 0.302 e. The van der Waals surface area contributed by atoms with E-state index in [-0.39, 0.29) is 5.97 Å². The molecule has 2 heteroatoms. The molecule has 1 aromatic rings. The van der Waals surface area contributed by atoms with E-state index in [4.69, 9.17) is 4.74 Å². The number of unbranched alkanes of at least 4 members (excludes halogenated alkanes) is 6. The zero-order chi connectivity index (χ0) is 16.0. The highest BCUT2D eigenvalue weighted by molar-refractivity contribution is 5.65. The molecule has 2 nitrogen and oxygen atoms in total. The van der Waals surface area contributed by atoms with E-state index >= 15 is 0 Å². The molecule has 0 aromatic heterocycles. The summed E-state index contributed by atoms with van der Waals surface area (Å²) in [5.74, 6) is -0.164. The molecule has 0 heterocycles. The first-order chi connectivity index (χ1) is 10.7. The number of ether oxygens (including phenoxy) is 1. The number of hydrogen-bond acceptors (Lipinski definition) is 2. The van der Waals surface area contributed by atoms with E-state index in [0.717, 1.165) is 6.42 Å². The van der Waals surface area contributed by atoms with Crippen LogP contribution in [0.4, 0.5) is 0 Å². The van der Waals surface area contributed by atoms with Crippen molar-refractivity contribution >= 4 is 5.97 Å². The molecule has 0 fully saturated rings. The maximum absolute atomic E-state index is 10.6. The van der Waals surface area contributed by atoms with Gasteiger partial charge >= 0.3 is 5.97 Å². The van der Waals surface area contributed by atoms with Crippen molar-refractivity contribution in [3.05, 3.63) is 35.4 Å². The van der Waals surface area contributed by atoms with E-state index in [2.05, 4.69) is 31.2 Å². The van der Waals surface area contributed by atoms with Gasteiger partial charge in [-0.2, -0.15) is 0 Å². The first kappa shape index (κ1) is 18.7. The maximum atomic E-state index is 10.6. The van der Waals surface area contributed by atoms with E-state index in [0.29, 0.717) is 6.61 Å². The molecular weight excluding hydrogens is 272 g/mol. The first-order valence-electron chi connectivity index (χ1n) is 8.93. The lowest BCUT2D eigenvalue weighted by Gasteiger charge is -2.05. The average molecular weight is 304 g/mol. The highest BCUT2D eigenvalue weighted by Crippen LogP contribution is 2.12. The summed E-state index contributed by atoms with van der Waals surface area (Å²) >= 11 is 0. The molecule has 22 heavy (non-hydrogen) atoms. The summed E-state index contributed by atoms with van der Waals surface area (Å²) < 4.78 is 4.92. The number of esters is 1. The second-order valence-electron chi connectivity index (χ2n) is 6.13. The molecule has 0 N–H and O–H groups in total. The summed E-state index contributed by atoms with van der Waals surface area (Å²) in [5.41, 5.74) is 2.93. The standard InChI is InChI=1S/C20H32O2/c1-3-11-19-13-15-20(16-14-19)12-9-7-5-4-6-8-10-17-22-18(2)21/h13-16H,3-12,17H2,1-2H3.